The Morgan fingerprint density at radius 3 is 2.15 bits per heavy atom. The fourth-order valence-corrected chi connectivity index (χ4v) is 5.54. The summed E-state index contributed by atoms with van der Waals surface area (Å²) >= 11 is 7.18. The van der Waals surface area contributed by atoms with E-state index >= 15 is 0 Å². The van der Waals surface area contributed by atoms with Gasteiger partial charge in [-0.3, -0.25) is 4.79 Å². The topological polar surface area (TPSA) is 17.1 Å². The molecule has 1 nitrogen and oxygen atoms in total. The van der Waals surface area contributed by atoms with Gasteiger partial charge in [0.2, 0.25) is 0 Å². The highest BCUT2D eigenvalue weighted by atomic mass is 79.9. The predicted molar refractivity (Wildman–Crippen MR) is 60.4 cm³/mol. The van der Waals surface area contributed by atoms with Crippen LogP contribution in [0.4, 0.5) is 0 Å². The first-order chi connectivity index (χ1) is 5.83. The minimum absolute atomic E-state index is 0.0845. The number of fused-ring (bicyclic) bond motifs is 2. The average molecular weight is 310 g/mol. The SMILES string of the molecule is CC1(C)C2CC(Br)C1(C)C(=O)C2Br. The summed E-state index contributed by atoms with van der Waals surface area (Å²) in [5.41, 5.74) is -0.0434. The molecule has 0 spiro atoms. The molecule has 4 unspecified atom stereocenters. The van der Waals surface area contributed by atoms with Crippen molar-refractivity contribution in [1.29, 1.82) is 0 Å². The number of Topliss-reactive ketones (excluding diaryl/α,β-unsaturated/α-hetero) is 1. The van der Waals surface area contributed by atoms with Crippen molar-refractivity contribution < 1.29 is 4.79 Å². The van der Waals surface area contributed by atoms with Crippen LogP contribution in [0.3, 0.4) is 0 Å². The van der Waals surface area contributed by atoms with Gasteiger partial charge in [0.15, 0.2) is 5.78 Å². The number of rotatable bonds is 0. The molecule has 2 saturated carbocycles. The Balaban J connectivity index is 2.54. The lowest BCUT2D eigenvalue weighted by Gasteiger charge is -2.34. The van der Waals surface area contributed by atoms with E-state index in [-0.39, 0.29) is 15.7 Å². The van der Waals surface area contributed by atoms with Crippen LogP contribution in [0.15, 0.2) is 0 Å². The van der Waals surface area contributed by atoms with E-state index in [1.807, 2.05) is 0 Å². The molecular formula is C10H14Br2O. The second-order valence-electron chi connectivity index (χ2n) is 5.00. The Bertz CT molecular complexity index is 274. The van der Waals surface area contributed by atoms with Crippen LogP contribution in [0.25, 0.3) is 0 Å². The minimum Gasteiger partial charge on any atom is -0.298 e. The lowest BCUT2D eigenvalue weighted by molar-refractivity contribution is -0.127. The monoisotopic (exact) mass is 308 g/mol. The van der Waals surface area contributed by atoms with E-state index < -0.39 is 0 Å². The van der Waals surface area contributed by atoms with Crippen LogP contribution in [0.2, 0.25) is 0 Å². The van der Waals surface area contributed by atoms with Crippen molar-refractivity contribution in [2.24, 2.45) is 16.7 Å². The molecule has 0 saturated heterocycles. The van der Waals surface area contributed by atoms with Gasteiger partial charge in [-0.05, 0) is 17.8 Å². The van der Waals surface area contributed by atoms with E-state index in [9.17, 15) is 4.79 Å². The second-order valence-corrected chi connectivity index (χ2v) is 7.09. The number of hydrogen-bond acceptors (Lipinski definition) is 1. The smallest absolute Gasteiger partial charge is 0.154 e. The Hall–Kier alpha value is 0.630. The number of carbonyl (C=O) groups is 1. The van der Waals surface area contributed by atoms with Gasteiger partial charge in [0.05, 0.1) is 4.83 Å². The Labute approximate surface area is 95.9 Å². The van der Waals surface area contributed by atoms with Crippen LogP contribution in [0, 0.1) is 16.7 Å². The van der Waals surface area contributed by atoms with E-state index in [0.29, 0.717) is 16.5 Å². The third-order valence-electron chi connectivity index (χ3n) is 4.47. The molecule has 2 aliphatic carbocycles. The maximum atomic E-state index is 12.0. The molecule has 2 rings (SSSR count). The molecule has 2 bridgehead atoms. The molecule has 0 aromatic carbocycles. The first-order valence-electron chi connectivity index (χ1n) is 4.66. The van der Waals surface area contributed by atoms with Crippen molar-refractivity contribution in [1.82, 2.24) is 0 Å². The van der Waals surface area contributed by atoms with Gasteiger partial charge in [-0.1, -0.05) is 52.6 Å². The molecule has 4 atom stereocenters. The van der Waals surface area contributed by atoms with Gasteiger partial charge in [0.25, 0.3) is 0 Å². The van der Waals surface area contributed by atoms with Crippen LogP contribution in [0.1, 0.15) is 27.2 Å². The Morgan fingerprint density at radius 1 is 1.31 bits per heavy atom. The third kappa shape index (κ3) is 0.909. The molecule has 0 aromatic heterocycles. The summed E-state index contributed by atoms with van der Waals surface area (Å²) in [5.74, 6) is 0.880. The van der Waals surface area contributed by atoms with Crippen LogP contribution in [-0.2, 0) is 4.79 Å². The van der Waals surface area contributed by atoms with Gasteiger partial charge in [-0.15, -0.1) is 0 Å². The van der Waals surface area contributed by atoms with E-state index in [4.69, 9.17) is 0 Å². The molecule has 0 aliphatic heterocycles. The fraction of sp³-hybridized carbons (Fsp3) is 0.900. The molecule has 2 aliphatic rings. The first kappa shape index (κ1) is 10.2. The maximum Gasteiger partial charge on any atom is 0.154 e. The molecule has 13 heavy (non-hydrogen) atoms. The molecule has 74 valence electrons. The predicted octanol–water partition coefficient (Wildman–Crippen LogP) is 3.15. The first-order valence-corrected chi connectivity index (χ1v) is 6.49. The molecule has 0 radical (unpaired) electrons. The van der Waals surface area contributed by atoms with Gasteiger partial charge in [0.1, 0.15) is 0 Å². The quantitative estimate of drug-likeness (QED) is 0.628. The summed E-state index contributed by atoms with van der Waals surface area (Å²) in [7, 11) is 0. The highest BCUT2D eigenvalue weighted by molar-refractivity contribution is 9.10. The molecule has 0 amide bonds. The lowest BCUT2D eigenvalue weighted by Crippen LogP contribution is -2.40. The maximum absolute atomic E-state index is 12.0. The van der Waals surface area contributed by atoms with Crippen LogP contribution < -0.4 is 0 Å². The van der Waals surface area contributed by atoms with Gasteiger partial charge < -0.3 is 0 Å². The normalized spacial score (nSPS) is 53.0. The summed E-state index contributed by atoms with van der Waals surface area (Å²) in [6.07, 6.45) is 1.12. The highest BCUT2D eigenvalue weighted by Gasteiger charge is 2.69. The summed E-state index contributed by atoms with van der Waals surface area (Å²) in [5, 5.41) is 0. The molecule has 3 heteroatoms. The second kappa shape index (κ2) is 2.60. The lowest BCUT2D eigenvalue weighted by atomic mass is 9.70. The zero-order valence-electron chi connectivity index (χ0n) is 8.10. The van der Waals surface area contributed by atoms with E-state index in [1.165, 1.54) is 0 Å². The molecule has 0 N–H and O–H groups in total. The van der Waals surface area contributed by atoms with Crippen molar-refractivity contribution in [2.75, 3.05) is 0 Å². The van der Waals surface area contributed by atoms with Gasteiger partial charge in [-0.25, -0.2) is 0 Å². The molecule has 0 aromatic rings. The van der Waals surface area contributed by atoms with Crippen molar-refractivity contribution in [3.63, 3.8) is 0 Å². The molecule has 0 heterocycles. The van der Waals surface area contributed by atoms with Crippen molar-refractivity contribution >= 4 is 37.6 Å². The zero-order valence-corrected chi connectivity index (χ0v) is 11.3. The standard InChI is InChI=1S/C10H14Br2O/c1-9(2)5-4-6(11)10(9,3)8(13)7(5)12/h5-7H,4H2,1-3H3. The Morgan fingerprint density at radius 2 is 1.85 bits per heavy atom. The Kier molecular flexibility index (Phi) is 2.03. The fourth-order valence-electron chi connectivity index (χ4n) is 2.97. The largest absolute Gasteiger partial charge is 0.298 e. The van der Waals surface area contributed by atoms with Crippen LogP contribution >= 0.6 is 31.9 Å². The van der Waals surface area contributed by atoms with Crippen LogP contribution in [0.5, 0.6) is 0 Å². The van der Waals surface area contributed by atoms with E-state index in [0.717, 1.165) is 6.42 Å². The zero-order chi connectivity index (χ0) is 10.0. The number of hydrogen-bond donors (Lipinski definition) is 0. The third-order valence-corrected chi connectivity index (χ3v) is 6.81. The number of alkyl halides is 2. The van der Waals surface area contributed by atoms with Crippen LogP contribution in [-0.4, -0.2) is 15.4 Å². The molecule has 2 fully saturated rings. The van der Waals surface area contributed by atoms with Gasteiger partial charge >= 0.3 is 0 Å². The highest BCUT2D eigenvalue weighted by Crippen LogP contribution is 2.66. The molecular weight excluding hydrogens is 296 g/mol. The average Bonchev–Trinajstić information content (AvgIpc) is 2.28. The summed E-state index contributed by atoms with van der Waals surface area (Å²) in [4.78, 5) is 12.5. The number of ketones is 1. The van der Waals surface area contributed by atoms with E-state index in [2.05, 4.69) is 52.6 Å². The van der Waals surface area contributed by atoms with Gasteiger partial charge in [0, 0.05) is 10.2 Å². The minimum atomic E-state index is -0.175. The van der Waals surface area contributed by atoms with Crippen molar-refractivity contribution in [2.45, 2.75) is 36.8 Å². The number of carbonyl (C=O) groups excluding carboxylic acids is 1. The summed E-state index contributed by atoms with van der Waals surface area (Å²) < 4.78 is 0. The summed E-state index contributed by atoms with van der Waals surface area (Å²) in [6.45, 7) is 6.55. The van der Waals surface area contributed by atoms with E-state index in [1.54, 1.807) is 0 Å². The summed E-state index contributed by atoms with van der Waals surface area (Å²) in [6, 6.07) is 0. The number of halogens is 2. The van der Waals surface area contributed by atoms with Gasteiger partial charge in [-0.2, -0.15) is 0 Å². The van der Waals surface area contributed by atoms with Crippen molar-refractivity contribution in [3.8, 4) is 0 Å². The van der Waals surface area contributed by atoms with Crippen molar-refractivity contribution in [3.05, 3.63) is 0 Å².